The van der Waals surface area contributed by atoms with Crippen LogP contribution in [0.2, 0.25) is 0 Å². The molecule has 0 aliphatic carbocycles. The standard InChI is InChI=1S/C28H35N3O6/c1-14-9-10-28(16(3)12-15(2)26(37-28)17(4)25(32)19-6-5-11-30-19)36-21(14)13-22-31-24-20(35-22)8-7-18(29)23(24)27(33)34/h5-8,11,14-17,21,26,30H,9-10,12-13,29H2,1-4H3,(H,33,34)/t14-,15-,16-,17-,21-,26+,28+/m1/s1. The lowest BCUT2D eigenvalue weighted by Gasteiger charge is -2.53. The summed E-state index contributed by atoms with van der Waals surface area (Å²) in [6, 6.07) is 6.78. The van der Waals surface area contributed by atoms with Crippen molar-refractivity contribution in [1.29, 1.82) is 0 Å². The van der Waals surface area contributed by atoms with Gasteiger partial charge in [0.05, 0.1) is 24.3 Å². The number of Topliss-reactive ketones (excluding diaryl/α,β-unsaturated/α-hetero) is 1. The Morgan fingerprint density at radius 2 is 2.00 bits per heavy atom. The van der Waals surface area contributed by atoms with E-state index < -0.39 is 11.8 Å². The zero-order chi connectivity index (χ0) is 26.5. The fourth-order valence-corrected chi connectivity index (χ4v) is 6.08. The summed E-state index contributed by atoms with van der Waals surface area (Å²) < 4.78 is 19.4. The zero-order valence-electron chi connectivity index (χ0n) is 21.7. The fourth-order valence-electron chi connectivity index (χ4n) is 6.08. The molecular weight excluding hydrogens is 474 g/mol. The number of rotatable bonds is 6. The Hall–Kier alpha value is -3.17. The maximum Gasteiger partial charge on any atom is 0.340 e. The third kappa shape index (κ3) is 4.55. The SMILES string of the molecule is C[C@@H]1C[C@@H](C)[C@]2(CC[C@@H](C)[C@@H](Cc3nc4c(C(=O)O)c(N)ccc4o3)O2)O[C@@H]1[C@H](C)C(=O)c1ccc[nH]1. The molecule has 4 heterocycles. The maximum atomic E-state index is 13.1. The second-order valence-electron chi connectivity index (χ2n) is 10.9. The van der Waals surface area contributed by atoms with E-state index >= 15 is 0 Å². The smallest absolute Gasteiger partial charge is 0.340 e. The molecule has 0 amide bonds. The van der Waals surface area contributed by atoms with Crippen LogP contribution < -0.4 is 5.73 Å². The molecule has 2 aliphatic heterocycles. The number of hydrogen-bond acceptors (Lipinski definition) is 7. The molecule has 37 heavy (non-hydrogen) atoms. The minimum absolute atomic E-state index is 0.0345. The van der Waals surface area contributed by atoms with Crippen molar-refractivity contribution in [2.75, 3.05) is 5.73 Å². The van der Waals surface area contributed by atoms with Gasteiger partial charge < -0.3 is 29.7 Å². The molecule has 2 saturated heterocycles. The van der Waals surface area contributed by atoms with E-state index in [0.717, 1.165) is 19.3 Å². The summed E-state index contributed by atoms with van der Waals surface area (Å²) in [6.07, 6.45) is 4.14. The van der Waals surface area contributed by atoms with Gasteiger partial charge in [-0.2, -0.15) is 0 Å². The number of anilines is 1. The molecule has 9 nitrogen and oxygen atoms in total. The molecule has 7 atom stereocenters. The van der Waals surface area contributed by atoms with Crippen molar-refractivity contribution in [2.45, 2.75) is 71.4 Å². The number of carboxylic acids is 1. The summed E-state index contributed by atoms with van der Waals surface area (Å²) in [5, 5.41) is 9.59. The number of oxazole rings is 1. The van der Waals surface area contributed by atoms with Crippen LogP contribution in [-0.4, -0.2) is 44.8 Å². The Balaban J connectivity index is 1.38. The van der Waals surface area contributed by atoms with Gasteiger partial charge in [-0.3, -0.25) is 4.79 Å². The van der Waals surface area contributed by atoms with Crippen LogP contribution in [0.1, 0.15) is 73.7 Å². The average molecular weight is 510 g/mol. The predicted molar refractivity (Wildman–Crippen MR) is 137 cm³/mol. The number of carbonyl (C=O) groups is 2. The number of aromatic nitrogens is 2. The number of aromatic amines is 1. The number of nitrogen functional groups attached to an aromatic ring is 1. The Morgan fingerprint density at radius 3 is 2.70 bits per heavy atom. The van der Waals surface area contributed by atoms with Crippen LogP contribution in [0.3, 0.4) is 0 Å². The molecule has 2 fully saturated rings. The number of hydrogen-bond donors (Lipinski definition) is 3. The van der Waals surface area contributed by atoms with Crippen LogP contribution >= 0.6 is 0 Å². The van der Waals surface area contributed by atoms with Crippen LogP contribution in [0.15, 0.2) is 34.9 Å². The Kier molecular flexibility index (Phi) is 6.62. The highest BCUT2D eigenvalue weighted by atomic mass is 16.7. The van der Waals surface area contributed by atoms with Crippen LogP contribution in [-0.2, 0) is 15.9 Å². The number of H-pyrrole nitrogens is 1. The number of carboxylic acid groups (broad SMARTS) is 1. The highest BCUT2D eigenvalue weighted by Crippen LogP contribution is 2.48. The molecule has 2 aliphatic rings. The molecule has 198 valence electrons. The molecule has 4 N–H and O–H groups in total. The topological polar surface area (TPSA) is 141 Å². The third-order valence-corrected chi connectivity index (χ3v) is 8.30. The molecular formula is C28H35N3O6. The molecule has 9 heteroatoms. The van der Waals surface area contributed by atoms with Gasteiger partial charge in [0.2, 0.25) is 0 Å². The Labute approximate surface area is 215 Å². The molecule has 0 bridgehead atoms. The van der Waals surface area contributed by atoms with E-state index in [1.165, 1.54) is 6.07 Å². The zero-order valence-corrected chi connectivity index (χ0v) is 21.7. The first-order chi connectivity index (χ1) is 17.6. The summed E-state index contributed by atoms with van der Waals surface area (Å²) in [4.78, 5) is 32.4. The quantitative estimate of drug-likeness (QED) is 0.309. The third-order valence-electron chi connectivity index (χ3n) is 8.30. The van der Waals surface area contributed by atoms with Gasteiger partial charge in [0, 0.05) is 30.1 Å². The molecule has 2 aromatic heterocycles. The van der Waals surface area contributed by atoms with Crippen LogP contribution in [0.4, 0.5) is 5.69 Å². The van der Waals surface area contributed by atoms with Crippen molar-refractivity contribution in [3.8, 4) is 0 Å². The lowest BCUT2D eigenvalue weighted by atomic mass is 9.75. The van der Waals surface area contributed by atoms with Gasteiger partial charge in [0.1, 0.15) is 11.1 Å². The first-order valence-electron chi connectivity index (χ1n) is 13.0. The summed E-state index contributed by atoms with van der Waals surface area (Å²) in [5.41, 5.74) is 7.19. The number of carbonyl (C=O) groups excluding carboxylic acids is 1. The van der Waals surface area contributed by atoms with Crippen molar-refractivity contribution in [3.05, 3.63) is 47.6 Å². The Morgan fingerprint density at radius 1 is 1.22 bits per heavy atom. The Bertz CT molecular complexity index is 1300. The molecule has 1 aromatic carbocycles. The van der Waals surface area contributed by atoms with E-state index in [-0.39, 0.29) is 58.4 Å². The van der Waals surface area contributed by atoms with Crippen molar-refractivity contribution >= 4 is 28.5 Å². The summed E-state index contributed by atoms with van der Waals surface area (Å²) >= 11 is 0. The summed E-state index contributed by atoms with van der Waals surface area (Å²) in [7, 11) is 0. The van der Waals surface area contributed by atoms with Crippen LogP contribution in [0.5, 0.6) is 0 Å². The van der Waals surface area contributed by atoms with E-state index in [0.29, 0.717) is 23.6 Å². The van der Waals surface area contributed by atoms with E-state index in [9.17, 15) is 14.7 Å². The lowest BCUT2D eigenvalue weighted by molar-refractivity contribution is -0.355. The minimum atomic E-state index is -1.14. The van der Waals surface area contributed by atoms with Crippen LogP contribution in [0.25, 0.3) is 11.1 Å². The van der Waals surface area contributed by atoms with Gasteiger partial charge in [-0.15, -0.1) is 0 Å². The number of aromatic carboxylic acids is 1. The number of fused-ring (bicyclic) bond motifs is 1. The highest BCUT2D eigenvalue weighted by molar-refractivity contribution is 6.05. The van der Waals surface area contributed by atoms with Crippen molar-refractivity contribution < 1.29 is 28.6 Å². The summed E-state index contributed by atoms with van der Waals surface area (Å²) in [6.45, 7) is 8.35. The highest BCUT2D eigenvalue weighted by Gasteiger charge is 2.52. The number of ketones is 1. The van der Waals surface area contributed by atoms with Gasteiger partial charge in [0.15, 0.2) is 23.0 Å². The predicted octanol–water partition coefficient (Wildman–Crippen LogP) is 5.07. The first kappa shape index (κ1) is 25.5. The van der Waals surface area contributed by atoms with E-state index in [1.54, 1.807) is 18.3 Å². The molecule has 1 spiro atoms. The van der Waals surface area contributed by atoms with E-state index in [4.69, 9.17) is 19.6 Å². The van der Waals surface area contributed by atoms with Gasteiger partial charge in [-0.1, -0.05) is 27.7 Å². The molecule has 0 radical (unpaired) electrons. The summed E-state index contributed by atoms with van der Waals surface area (Å²) in [5.74, 6) is -1.27. The number of nitrogens with zero attached hydrogens (tertiary/aromatic N) is 1. The maximum absolute atomic E-state index is 13.1. The monoisotopic (exact) mass is 509 g/mol. The van der Waals surface area contributed by atoms with Crippen molar-refractivity contribution in [2.24, 2.45) is 23.7 Å². The first-order valence-corrected chi connectivity index (χ1v) is 13.0. The molecule has 0 unspecified atom stereocenters. The second kappa shape index (κ2) is 9.61. The number of ether oxygens (including phenoxy) is 2. The van der Waals surface area contributed by atoms with E-state index in [2.05, 4.69) is 30.7 Å². The van der Waals surface area contributed by atoms with Gasteiger partial charge >= 0.3 is 5.97 Å². The molecule has 3 aromatic rings. The normalized spacial score (nSPS) is 31.0. The molecule has 5 rings (SSSR count). The number of benzene rings is 1. The van der Waals surface area contributed by atoms with Crippen LogP contribution in [0, 0.1) is 23.7 Å². The van der Waals surface area contributed by atoms with Gasteiger partial charge in [-0.05, 0) is 48.9 Å². The molecule has 0 saturated carbocycles. The second-order valence-corrected chi connectivity index (χ2v) is 10.9. The minimum Gasteiger partial charge on any atom is -0.478 e. The average Bonchev–Trinajstić information content (AvgIpc) is 3.52. The van der Waals surface area contributed by atoms with Gasteiger partial charge in [0.25, 0.3) is 0 Å². The van der Waals surface area contributed by atoms with Crippen molar-refractivity contribution in [1.82, 2.24) is 9.97 Å². The number of nitrogens with one attached hydrogen (secondary N) is 1. The fraction of sp³-hybridized carbons (Fsp3) is 0.536. The largest absolute Gasteiger partial charge is 0.478 e. The lowest BCUT2D eigenvalue weighted by Crippen LogP contribution is -2.58. The van der Waals surface area contributed by atoms with Crippen molar-refractivity contribution in [3.63, 3.8) is 0 Å². The number of nitrogens with two attached hydrogens (primary N) is 1. The van der Waals surface area contributed by atoms with E-state index in [1.807, 2.05) is 13.0 Å². The van der Waals surface area contributed by atoms with Gasteiger partial charge in [-0.25, -0.2) is 9.78 Å².